The van der Waals surface area contributed by atoms with Gasteiger partial charge in [-0.05, 0) is 49.1 Å². The van der Waals surface area contributed by atoms with Gasteiger partial charge in [-0.1, -0.05) is 36.4 Å². The molecule has 1 heterocycles. The second kappa shape index (κ2) is 8.62. The molecule has 1 N–H and O–H groups in total. The summed E-state index contributed by atoms with van der Waals surface area (Å²) in [6.45, 7) is 2.91. The zero-order valence-electron chi connectivity index (χ0n) is 15.3. The van der Waals surface area contributed by atoms with Gasteiger partial charge < -0.3 is 10.2 Å². The third kappa shape index (κ3) is 5.03. The molecule has 0 aromatic heterocycles. The molecule has 5 heteroatoms. The van der Waals surface area contributed by atoms with Crippen molar-refractivity contribution in [3.05, 3.63) is 71.6 Å². The minimum absolute atomic E-state index is 0.0429. The molecule has 0 saturated carbocycles. The minimum Gasteiger partial charge on any atom is -0.339 e. The van der Waals surface area contributed by atoms with E-state index >= 15 is 0 Å². The number of carbonyl (C=O) groups is 2. The van der Waals surface area contributed by atoms with E-state index in [9.17, 15) is 14.0 Å². The number of halogens is 1. The van der Waals surface area contributed by atoms with Crippen molar-refractivity contribution in [3.8, 4) is 0 Å². The molecule has 1 fully saturated rings. The highest BCUT2D eigenvalue weighted by Crippen LogP contribution is 2.22. The monoisotopic (exact) mass is 366 g/mol. The average Bonchev–Trinajstić information content (AvgIpc) is 2.70. The molecule has 2 aromatic rings. The molecule has 140 valence electrons. The molecule has 1 aliphatic heterocycles. The van der Waals surface area contributed by atoms with Crippen LogP contribution in [-0.4, -0.2) is 29.8 Å². The molecule has 0 bridgehead atoms. The summed E-state index contributed by atoms with van der Waals surface area (Å²) >= 11 is 0. The lowest BCUT2D eigenvalue weighted by Crippen LogP contribution is -2.40. The molecule has 3 rings (SSSR count). The van der Waals surface area contributed by atoms with Gasteiger partial charge in [0, 0.05) is 30.8 Å². The van der Waals surface area contributed by atoms with Gasteiger partial charge in [0.2, 0.25) is 11.8 Å². The number of nitrogens with zero attached hydrogens (tertiary/aromatic N) is 1. The van der Waals surface area contributed by atoms with Gasteiger partial charge in [0.15, 0.2) is 0 Å². The zero-order chi connectivity index (χ0) is 19.2. The predicted molar refractivity (Wildman–Crippen MR) is 105 cm³/mol. The number of likely N-dealkylation sites (tertiary alicyclic amines) is 1. The number of nitrogens with one attached hydrogen (secondary N) is 1. The third-order valence-electron chi connectivity index (χ3n) is 4.85. The summed E-state index contributed by atoms with van der Waals surface area (Å²) in [5.74, 6) is -0.703. The number of carbonyl (C=O) groups excluding carboxylic acids is 2. The Hall–Kier alpha value is -2.95. The van der Waals surface area contributed by atoms with Crippen LogP contribution in [0.5, 0.6) is 0 Å². The van der Waals surface area contributed by atoms with E-state index in [0.717, 1.165) is 11.1 Å². The van der Waals surface area contributed by atoms with Crippen molar-refractivity contribution in [2.45, 2.75) is 19.8 Å². The Morgan fingerprint density at radius 3 is 2.52 bits per heavy atom. The van der Waals surface area contributed by atoms with E-state index in [1.54, 1.807) is 23.1 Å². The number of amides is 2. The minimum atomic E-state index is -0.374. The smallest absolute Gasteiger partial charge is 0.246 e. The number of anilines is 1. The first-order chi connectivity index (χ1) is 13.0. The van der Waals surface area contributed by atoms with E-state index in [-0.39, 0.29) is 23.5 Å². The summed E-state index contributed by atoms with van der Waals surface area (Å²) < 4.78 is 13.4. The Kier molecular flexibility index (Phi) is 6.01. The van der Waals surface area contributed by atoms with Crippen LogP contribution in [0.15, 0.2) is 54.6 Å². The lowest BCUT2D eigenvalue weighted by molar-refractivity contribution is -0.130. The van der Waals surface area contributed by atoms with Crippen LogP contribution in [0.4, 0.5) is 10.1 Å². The van der Waals surface area contributed by atoms with Gasteiger partial charge in [-0.3, -0.25) is 9.59 Å². The topological polar surface area (TPSA) is 49.4 Å². The molecule has 27 heavy (non-hydrogen) atoms. The molecular formula is C22H23FN2O2. The van der Waals surface area contributed by atoms with Crippen molar-refractivity contribution >= 4 is 23.6 Å². The molecule has 0 radical (unpaired) electrons. The number of hydrogen-bond donors (Lipinski definition) is 1. The van der Waals surface area contributed by atoms with Crippen LogP contribution in [0.3, 0.4) is 0 Å². The highest BCUT2D eigenvalue weighted by atomic mass is 19.1. The number of piperidine rings is 1. The lowest BCUT2D eigenvalue weighted by atomic mass is 9.95. The summed E-state index contributed by atoms with van der Waals surface area (Å²) in [6.07, 6.45) is 4.58. The fourth-order valence-corrected chi connectivity index (χ4v) is 3.16. The fourth-order valence-electron chi connectivity index (χ4n) is 3.16. The van der Waals surface area contributed by atoms with Gasteiger partial charge in [-0.2, -0.15) is 0 Å². The van der Waals surface area contributed by atoms with Crippen molar-refractivity contribution in [1.82, 2.24) is 4.90 Å². The van der Waals surface area contributed by atoms with E-state index in [4.69, 9.17) is 0 Å². The van der Waals surface area contributed by atoms with Gasteiger partial charge in [0.1, 0.15) is 5.82 Å². The molecule has 0 spiro atoms. The van der Waals surface area contributed by atoms with Gasteiger partial charge in [-0.15, -0.1) is 0 Å². The first-order valence-electron chi connectivity index (χ1n) is 9.12. The molecule has 2 amide bonds. The van der Waals surface area contributed by atoms with Crippen molar-refractivity contribution in [2.24, 2.45) is 5.92 Å². The van der Waals surface area contributed by atoms with Crippen LogP contribution < -0.4 is 5.32 Å². The lowest BCUT2D eigenvalue weighted by Gasteiger charge is -2.30. The second-order valence-electron chi connectivity index (χ2n) is 6.79. The Morgan fingerprint density at radius 2 is 1.81 bits per heavy atom. The Labute approximate surface area is 158 Å². The molecule has 4 nitrogen and oxygen atoms in total. The molecule has 0 atom stereocenters. The summed E-state index contributed by atoms with van der Waals surface area (Å²) in [6, 6.07) is 14.0. The van der Waals surface area contributed by atoms with Crippen LogP contribution in [0.1, 0.15) is 24.0 Å². The summed E-state index contributed by atoms with van der Waals surface area (Å²) in [7, 11) is 0. The molecule has 1 saturated heterocycles. The molecule has 0 unspecified atom stereocenters. The van der Waals surface area contributed by atoms with E-state index in [1.165, 1.54) is 12.1 Å². The number of benzene rings is 2. The fraction of sp³-hybridized carbons (Fsp3) is 0.273. The maximum absolute atomic E-state index is 13.4. The Morgan fingerprint density at radius 1 is 1.11 bits per heavy atom. The average molecular weight is 366 g/mol. The van der Waals surface area contributed by atoms with Crippen LogP contribution in [-0.2, 0) is 9.59 Å². The van der Waals surface area contributed by atoms with Gasteiger partial charge in [0.25, 0.3) is 0 Å². The molecule has 2 aromatic carbocycles. The largest absolute Gasteiger partial charge is 0.339 e. The normalized spacial score (nSPS) is 15.1. The SMILES string of the molecule is Cc1ccc(F)cc1NC(=O)C1CCN(C(=O)/C=C/c2ccccc2)CC1. The summed E-state index contributed by atoms with van der Waals surface area (Å²) in [4.78, 5) is 26.5. The van der Waals surface area contributed by atoms with E-state index < -0.39 is 0 Å². The van der Waals surface area contributed by atoms with Crippen LogP contribution in [0.25, 0.3) is 6.08 Å². The van der Waals surface area contributed by atoms with Crippen LogP contribution in [0.2, 0.25) is 0 Å². The quantitative estimate of drug-likeness (QED) is 0.831. The maximum Gasteiger partial charge on any atom is 0.246 e. The first-order valence-corrected chi connectivity index (χ1v) is 9.12. The Bertz CT molecular complexity index is 841. The van der Waals surface area contributed by atoms with Crippen molar-refractivity contribution in [3.63, 3.8) is 0 Å². The maximum atomic E-state index is 13.4. The van der Waals surface area contributed by atoms with Crippen molar-refractivity contribution in [1.29, 1.82) is 0 Å². The second-order valence-corrected chi connectivity index (χ2v) is 6.79. The first kappa shape index (κ1) is 18.8. The molecule has 0 aliphatic carbocycles. The highest BCUT2D eigenvalue weighted by molar-refractivity contribution is 5.94. The molecular weight excluding hydrogens is 343 g/mol. The van der Waals surface area contributed by atoms with E-state index in [0.29, 0.717) is 31.6 Å². The zero-order valence-corrected chi connectivity index (χ0v) is 15.3. The summed E-state index contributed by atoms with van der Waals surface area (Å²) in [5, 5.41) is 2.82. The van der Waals surface area contributed by atoms with Crippen LogP contribution >= 0.6 is 0 Å². The number of aryl methyl sites for hydroxylation is 1. The highest BCUT2D eigenvalue weighted by Gasteiger charge is 2.26. The number of rotatable bonds is 4. The molecule has 1 aliphatic rings. The van der Waals surface area contributed by atoms with E-state index in [1.807, 2.05) is 37.3 Å². The third-order valence-corrected chi connectivity index (χ3v) is 4.85. The van der Waals surface area contributed by atoms with Gasteiger partial charge in [0.05, 0.1) is 0 Å². The van der Waals surface area contributed by atoms with Crippen LogP contribution in [0, 0.1) is 18.7 Å². The van der Waals surface area contributed by atoms with E-state index in [2.05, 4.69) is 5.32 Å². The van der Waals surface area contributed by atoms with Crippen molar-refractivity contribution < 1.29 is 14.0 Å². The predicted octanol–water partition coefficient (Wildman–Crippen LogP) is 4.02. The Balaban J connectivity index is 1.52. The van der Waals surface area contributed by atoms with Gasteiger partial charge >= 0.3 is 0 Å². The summed E-state index contributed by atoms with van der Waals surface area (Å²) in [5.41, 5.74) is 2.30. The van der Waals surface area contributed by atoms with Gasteiger partial charge in [-0.25, -0.2) is 4.39 Å². The standard InChI is InChI=1S/C22H23FN2O2/c1-16-7-9-19(23)15-20(16)24-22(27)18-11-13-25(14-12-18)21(26)10-8-17-5-3-2-4-6-17/h2-10,15,18H,11-14H2,1H3,(H,24,27)/b10-8+. The van der Waals surface area contributed by atoms with Crippen molar-refractivity contribution in [2.75, 3.05) is 18.4 Å². The number of hydrogen-bond acceptors (Lipinski definition) is 2.